The maximum absolute atomic E-state index is 12.7. The summed E-state index contributed by atoms with van der Waals surface area (Å²) in [6, 6.07) is 18.2. The predicted molar refractivity (Wildman–Crippen MR) is 101 cm³/mol. The smallest absolute Gasteiger partial charge is 0.251 e. The zero-order valence-corrected chi connectivity index (χ0v) is 15.5. The van der Waals surface area contributed by atoms with Gasteiger partial charge in [-0.15, -0.1) is 0 Å². The Labute approximate surface area is 146 Å². The number of rotatable bonds is 5. The minimum absolute atomic E-state index is 0.00929. The van der Waals surface area contributed by atoms with Gasteiger partial charge >= 0.3 is 0 Å². The molecule has 0 heterocycles. The van der Waals surface area contributed by atoms with Gasteiger partial charge in [0.2, 0.25) is 0 Å². The topological polar surface area (TPSA) is 29.1 Å². The summed E-state index contributed by atoms with van der Waals surface area (Å²) in [6.45, 7) is 10.9. The standard InChI is InChI=1S/C22H29NO/c1-16(2)15-20(17-9-7-6-8-10-17)23-21(24)18-11-13-19(14-12-18)22(3,4)5/h6-14,16,20H,15H2,1-5H3,(H,23,24)/t20-/m1/s1. The van der Waals surface area contributed by atoms with Crippen LogP contribution in [-0.4, -0.2) is 5.91 Å². The molecule has 2 rings (SSSR count). The second kappa shape index (κ2) is 7.65. The first-order chi connectivity index (χ1) is 11.3. The van der Waals surface area contributed by atoms with E-state index in [2.05, 4.69) is 64.2 Å². The summed E-state index contributed by atoms with van der Waals surface area (Å²) in [6.07, 6.45) is 0.926. The predicted octanol–water partition coefficient (Wildman–Crippen LogP) is 5.50. The van der Waals surface area contributed by atoms with Gasteiger partial charge in [0.25, 0.3) is 5.91 Å². The van der Waals surface area contributed by atoms with Crippen molar-refractivity contribution < 1.29 is 4.79 Å². The number of hydrogen-bond acceptors (Lipinski definition) is 1. The molecular weight excluding hydrogens is 294 g/mol. The van der Waals surface area contributed by atoms with E-state index >= 15 is 0 Å². The van der Waals surface area contributed by atoms with Crippen molar-refractivity contribution in [1.29, 1.82) is 0 Å². The highest BCUT2D eigenvalue weighted by atomic mass is 16.1. The van der Waals surface area contributed by atoms with Crippen LogP contribution >= 0.6 is 0 Å². The minimum atomic E-state index is -0.00929. The van der Waals surface area contributed by atoms with Gasteiger partial charge in [0.1, 0.15) is 0 Å². The molecule has 128 valence electrons. The van der Waals surface area contributed by atoms with E-state index in [1.807, 2.05) is 30.3 Å². The number of hydrogen-bond donors (Lipinski definition) is 1. The fourth-order valence-corrected chi connectivity index (χ4v) is 2.80. The Kier molecular flexibility index (Phi) is 5.82. The highest BCUT2D eigenvalue weighted by molar-refractivity contribution is 5.94. The molecule has 2 aromatic rings. The van der Waals surface area contributed by atoms with Crippen LogP contribution in [0, 0.1) is 5.92 Å². The number of carbonyl (C=O) groups excluding carboxylic acids is 1. The van der Waals surface area contributed by atoms with Gasteiger partial charge in [0, 0.05) is 5.56 Å². The van der Waals surface area contributed by atoms with Crippen LogP contribution in [0.1, 0.15) is 68.6 Å². The fourth-order valence-electron chi connectivity index (χ4n) is 2.80. The third-order valence-electron chi connectivity index (χ3n) is 4.23. The molecule has 0 aliphatic heterocycles. The van der Waals surface area contributed by atoms with Gasteiger partial charge in [0.15, 0.2) is 0 Å². The molecule has 1 amide bonds. The molecular formula is C22H29NO. The van der Waals surface area contributed by atoms with E-state index < -0.39 is 0 Å². The van der Waals surface area contributed by atoms with Crippen molar-refractivity contribution in [3.8, 4) is 0 Å². The fraction of sp³-hybridized carbons (Fsp3) is 0.409. The van der Waals surface area contributed by atoms with E-state index in [4.69, 9.17) is 0 Å². The maximum atomic E-state index is 12.7. The molecule has 2 aromatic carbocycles. The van der Waals surface area contributed by atoms with Crippen LogP contribution in [0.2, 0.25) is 0 Å². The summed E-state index contributed by atoms with van der Waals surface area (Å²) < 4.78 is 0. The van der Waals surface area contributed by atoms with Crippen molar-refractivity contribution in [3.63, 3.8) is 0 Å². The second-order valence-corrected chi connectivity index (χ2v) is 7.89. The van der Waals surface area contributed by atoms with Crippen LogP contribution in [-0.2, 0) is 5.41 Å². The number of nitrogens with one attached hydrogen (secondary N) is 1. The summed E-state index contributed by atoms with van der Waals surface area (Å²) in [5.74, 6) is 0.503. The SMILES string of the molecule is CC(C)C[C@@H](NC(=O)c1ccc(C(C)(C)C)cc1)c1ccccc1. The summed E-state index contributed by atoms with van der Waals surface area (Å²) in [5, 5.41) is 3.20. The number of benzene rings is 2. The highest BCUT2D eigenvalue weighted by Crippen LogP contribution is 2.24. The largest absolute Gasteiger partial charge is 0.345 e. The average Bonchev–Trinajstić information content (AvgIpc) is 2.54. The number of carbonyl (C=O) groups is 1. The minimum Gasteiger partial charge on any atom is -0.345 e. The molecule has 0 fully saturated rings. The quantitative estimate of drug-likeness (QED) is 0.773. The Morgan fingerprint density at radius 1 is 0.958 bits per heavy atom. The molecule has 0 bridgehead atoms. The normalized spacial score (nSPS) is 12.9. The lowest BCUT2D eigenvalue weighted by atomic mass is 9.86. The zero-order chi connectivity index (χ0) is 17.7. The molecule has 0 aliphatic rings. The van der Waals surface area contributed by atoms with Gasteiger partial charge in [-0.05, 0) is 41.0 Å². The molecule has 24 heavy (non-hydrogen) atoms. The first-order valence-electron chi connectivity index (χ1n) is 8.73. The van der Waals surface area contributed by atoms with Crippen molar-refractivity contribution >= 4 is 5.91 Å². The molecule has 0 aromatic heterocycles. The molecule has 1 N–H and O–H groups in total. The van der Waals surface area contributed by atoms with Crippen LogP contribution in [0.25, 0.3) is 0 Å². The van der Waals surface area contributed by atoms with E-state index in [0.717, 1.165) is 12.0 Å². The van der Waals surface area contributed by atoms with Gasteiger partial charge in [-0.25, -0.2) is 0 Å². The molecule has 0 saturated heterocycles. The Morgan fingerprint density at radius 3 is 2.04 bits per heavy atom. The van der Waals surface area contributed by atoms with Crippen LogP contribution in [0.5, 0.6) is 0 Å². The number of amides is 1. The summed E-state index contributed by atoms with van der Waals surface area (Å²) in [7, 11) is 0. The molecule has 2 heteroatoms. The van der Waals surface area contributed by atoms with Crippen molar-refractivity contribution in [1.82, 2.24) is 5.32 Å². The van der Waals surface area contributed by atoms with Crippen molar-refractivity contribution in [2.24, 2.45) is 5.92 Å². The third kappa shape index (κ3) is 4.95. The Balaban J connectivity index is 2.15. The molecule has 0 unspecified atom stereocenters. The summed E-state index contributed by atoms with van der Waals surface area (Å²) in [5.41, 5.74) is 3.21. The van der Waals surface area contributed by atoms with Crippen molar-refractivity contribution in [2.75, 3.05) is 0 Å². The monoisotopic (exact) mass is 323 g/mol. The highest BCUT2D eigenvalue weighted by Gasteiger charge is 2.18. The Morgan fingerprint density at radius 2 is 1.54 bits per heavy atom. The van der Waals surface area contributed by atoms with Crippen molar-refractivity contribution in [2.45, 2.75) is 52.5 Å². The van der Waals surface area contributed by atoms with E-state index in [1.165, 1.54) is 5.56 Å². The van der Waals surface area contributed by atoms with E-state index in [-0.39, 0.29) is 17.4 Å². The zero-order valence-electron chi connectivity index (χ0n) is 15.5. The van der Waals surface area contributed by atoms with E-state index in [0.29, 0.717) is 11.5 Å². The van der Waals surface area contributed by atoms with Gasteiger partial charge in [-0.3, -0.25) is 4.79 Å². The lowest BCUT2D eigenvalue weighted by Crippen LogP contribution is -2.29. The summed E-state index contributed by atoms with van der Waals surface area (Å²) in [4.78, 5) is 12.7. The molecule has 0 radical (unpaired) electrons. The second-order valence-electron chi connectivity index (χ2n) is 7.89. The average molecular weight is 323 g/mol. The van der Waals surface area contributed by atoms with Gasteiger partial charge in [0.05, 0.1) is 6.04 Å². The van der Waals surface area contributed by atoms with E-state index in [9.17, 15) is 4.79 Å². The van der Waals surface area contributed by atoms with Gasteiger partial charge in [-0.2, -0.15) is 0 Å². The van der Waals surface area contributed by atoms with Crippen LogP contribution in [0.4, 0.5) is 0 Å². The lowest BCUT2D eigenvalue weighted by Gasteiger charge is -2.22. The first kappa shape index (κ1) is 18.3. The maximum Gasteiger partial charge on any atom is 0.251 e. The van der Waals surface area contributed by atoms with Crippen LogP contribution < -0.4 is 5.32 Å². The molecule has 0 spiro atoms. The van der Waals surface area contributed by atoms with Crippen molar-refractivity contribution in [3.05, 3.63) is 71.3 Å². The lowest BCUT2D eigenvalue weighted by molar-refractivity contribution is 0.0932. The van der Waals surface area contributed by atoms with Gasteiger partial charge < -0.3 is 5.32 Å². The van der Waals surface area contributed by atoms with Gasteiger partial charge in [-0.1, -0.05) is 77.1 Å². The van der Waals surface area contributed by atoms with Crippen LogP contribution in [0.3, 0.4) is 0 Å². The Hall–Kier alpha value is -2.09. The molecule has 0 aliphatic carbocycles. The first-order valence-corrected chi connectivity index (χ1v) is 8.73. The summed E-state index contributed by atoms with van der Waals surface area (Å²) >= 11 is 0. The molecule has 1 atom stereocenters. The Bertz CT molecular complexity index is 651. The molecule has 0 saturated carbocycles. The molecule has 2 nitrogen and oxygen atoms in total. The van der Waals surface area contributed by atoms with Crippen LogP contribution in [0.15, 0.2) is 54.6 Å². The third-order valence-corrected chi connectivity index (χ3v) is 4.23. The van der Waals surface area contributed by atoms with E-state index in [1.54, 1.807) is 0 Å².